The highest BCUT2D eigenvalue weighted by molar-refractivity contribution is 5.87. The summed E-state index contributed by atoms with van der Waals surface area (Å²) in [7, 11) is 0. The Balaban J connectivity index is 1.46. The van der Waals surface area contributed by atoms with Crippen LogP contribution in [0.4, 0.5) is 0 Å². The van der Waals surface area contributed by atoms with Crippen LogP contribution in [0, 0.1) is 0 Å². The predicted molar refractivity (Wildman–Crippen MR) is 192 cm³/mol. The smallest absolute Gasteiger partial charge is 0.163 e. The highest BCUT2D eigenvalue weighted by Crippen LogP contribution is 2.36. The summed E-state index contributed by atoms with van der Waals surface area (Å²) in [5.74, 6) is 1.38. The molecule has 6 aromatic rings. The summed E-state index contributed by atoms with van der Waals surface area (Å²) >= 11 is 0. The van der Waals surface area contributed by atoms with E-state index < -0.39 is 0 Å². The van der Waals surface area contributed by atoms with Gasteiger partial charge in [-0.05, 0) is 61.4 Å². The number of ether oxygens (including phenoxy) is 2. The van der Waals surface area contributed by atoms with E-state index in [9.17, 15) is 0 Å². The van der Waals surface area contributed by atoms with Crippen molar-refractivity contribution < 1.29 is 9.47 Å². The second-order valence-electron chi connectivity index (χ2n) is 11.8. The Hall–Kier alpha value is -5.24. The van der Waals surface area contributed by atoms with Gasteiger partial charge >= 0.3 is 0 Å². The first-order chi connectivity index (χ1) is 23.7. The zero-order chi connectivity index (χ0) is 33.0. The molecule has 1 aromatic carbocycles. The van der Waals surface area contributed by atoms with Gasteiger partial charge in [0.15, 0.2) is 11.5 Å². The van der Waals surface area contributed by atoms with E-state index in [1.54, 1.807) is 12.4 Å². The van der Waals surface area contributed by atoms with Gasteiger partial charge in [0.05, 0.1) is 58.4 Å². The van der Waals surface area contributed by atoms with E-state index in [1.807, 2.05) is 84.9 Å². The molecular formula is C40H42N6O2. The summed E-state index contributed by atoms with van der Waals surface area (Å²) in [6, 6.07) is 27.3. The molecule has 244 valence electrons. The van der Waals surface area contributed by atoms with E-state index in [2.05, 4.69) is 23.8 Å². The van der Waals surface area contributed by atoms with Crippen LogP contribution in [-0.4, -0.2) is 43.1 Å². The van der Waals surface area contributed by atoms with Gasteiger partial charge in [0.1, 0.15) is 11.4 Å². The average molecular weight is 639 g/mol. The molecule has 0 aliphatic rings. The Bertz CT molecular complexity index is 1780. The maximum Gasteiger partial charge on any atom is 0.163 e. The molecule has 8 nitrogen and oxygen atoms in total. The molecule has 0 radical (unpaired) electrons. The van der Waals surface area contributed by atoms with Crippen molar-refractivity contribution in [1.29, 1.82) is 0 Å². The van der Waals surface area contributed by atoms with E-state index in [-0.39, 0.29) is 0 Å². The van der Waals surface area contributed by atoms with Gasteiger partial charge in [-0.25, -0.2) is 19.9 Å². The molecule has 0 N–H and O–H groups in total. The lowest BCUT2D eigenvalue weighted by Gasteiger charge is -2.16. The van der Waals surface area contributed by atoms with Crippen molar-refractivity contribution in [2.45, 2.75) is 65.2 Å². The monoisotopic (exact) mass is 638 g/mol. The lowest BCUT2D eigenvalue weighted by Crippen LogP contribution is -2.05. The van der Waals surface area contributed by atoms with Crippen LogP contribution in [0.2, 0.25) is 0 Å². The minimum Gasteiger partial charge on any atom is -0.490 e. The Morgan fingerprint density at radius 3 is 1.29 bits per heavy atom. The number of hydrogen-bond acceptors (Lipinski definition) is 8. The molecule has 48 heavy (non-hydrogen) atoms. The van der Waals surface area contributed by atoms with Gasteiger partial charge in [-0.2, -0.15) is 0 Å². The van der Waals surface area contributed by atoms with Gasteiger partial charge in [0.2, 0.25) is 0 Å². The van der Waals surface area contributed by atoms with Gasteiger partial charge in [0, 0.05) is 24.5 Å². The Morgan fingerprint density at radius 1 is 0.438 bits per heavy atom. The molecular weight excluding hydrogens is 596 g/mol. The molecule has 0 aliphatic heterocycles. The van der Waals surface area contributed by atoms with E-state index in [4.69, 9.17) is 29.4 Å². The Kier molecular flexibility index (Phi) is 11.3. The third-order valence-electron chi connectivity index (χ3n) is 8.08. The molecule has 8 heteroatoms. The molecule has 0 unspecified atom stereocenters. The first-order valence-electron chi connectivity index (χ1n) is 17.1. The van der Waals surface area contributed by atoms with Crippen LogP contribution in [0.25, 0.3) is 56.6 Å². The second-order valence-corrected chi connectivity index (χ2v) is 11.8. The van der Waals surface area contributed by atoms with E-state index in [0.717, 1.165) is 48.5 Å². The number of benzene rings is 1. The van der Waals surface area contributed by atoms with Crippen LogP contribution in [0.3, 0.4) is 0 Å². The zero-order valence-electron chi connectivity index (χ0n) is 27.8. The molecule has 6 rings (SSSR count). The zero-order valence-corrected chi connectivity index (χ0v) is 27.8. The van der Waals surface area contributed by atoms with Crippen molar-refractivity contribution in [3.05, 3.63) is 97.3 Å². The lowest BCUT2D eigenvalue weighted by atomic mass is 10.1. The third-order valence-corrected chi connectivity index (χ3v) is 8.08. The molecule has 0 saturated heterocycles. The first-order valence-corrected chi connectivity index (χ1v) is 17.1. The van der Waals surface area contributed by atoms with Crippen LogP contribution >= 0.6 is 0 Å². The molecule has 5 aromatic heterocycles. The van der Waals surface area contributed by atoms with Crippen molar-refractivity contribution in [3.63, 3.8) is 0 Å². The topological polar surface area (TPSA) is 95.8 Å². The van der Waals surface area contributed by atoms with Gasteiger partial charge in [0.25, 0.3) is 0 Å². The largest absolute Gasteiger partial charge is 0.490 e. The fourth-order valence-corrected chi connectivity index (χ4v) is 5.52. The molecule has 0 atom stereocenters. The minimum atomic E-state index is 0.619. The van der Waals surface area contributed by atoms with Gasteiger partial charge in [-0.3, -0.25) is 9.97 Å². The summed E-state index contributed by atoms with van der Waals surface area (Å²) in [6.07, 6.45) is 12.5. The third kappa shape index (κ3) is 8.18. The fraction of sp³-hybridized carbons (Fsp3) is 0.300. The second kappa shape index (κ2) is 16.5. The maximum absolute atomic E-state index is 6.34. The van der Waals surface area contributed by atoms with E-state index >= 15 is 0 Å². The van der Waals surface area contributed by atoms with Crippen molar-refractivity contribution in [2.24, 2.45) is 0 Å². The summed E-state index contributed by atoms with van der Waals surface area (Å²) in [5.41, 5.74) is 7.04. The van der Waals surface area contributed by atoms with Crippen molar-refractivity contribution >= 4 is 11.0 Å². The number of rotatable bonds is 16. The standard InChI is InChI=1S/C40H42N6O2/c1-3-5-7-13-25-47-37-27-35-36(28-38(37)48-26-14-8-6-4-2)46-40(34-22-16-20-32(44-34)30-18-10-12-24-42-30)39(45-35)33-21-15-19-31(43-33)29-17-9-11-23-41-29/h9-12,15-24,27-28H,3-8,13-14,25-26H2,1-2H3. The van der Waals surface area contributed by atoms with Crippen LogP contribution in [0.1, 0.15) is 65.2 Å². The maximum atomic E-state index is 6.34. The summed E-state index contributed by atoms with van der Waals surface area (Å²) in [5, 5.41) is 0. The quantitative estimate of drug-likeness (QED) is 0.0967. The molecule has 0 spiro atoms. The number of hydrogen-bond donors (Lipinski definition) is 0. The number of aromatic nitrogens is 6. The van der Waals surface area contributed by atoms with E-state index in [1.165, 1.54) is 25.7 Å². The highest BCUT2D eigenvalue weighted by Gasteiger charge is 2.19. The molecule has 0 saturated carbocycles. The summed E-state index contributed by atoms with van der Waals surface area (Å²) in [4.78, 5) is 29.5. The molecule has 5 heterocycles. The molecule has 0 amide bonds. The van der Waals surface area contributed by atoms with Crippen molar-refractivity contribution in [1.82, 2.24) is 29.9 Å². The Labute approximate surface area is 282 Å². The van der Waals surface area contributed by atoms with E-state index in [0.29, 0.717) is 58.5 Å². The predicted octanol–water partition coefficient (Wildman–Crippen LogP) is 9.80. The summed E-state index contributed by atoms with van der Waals surface area (Å²) in [6.45, 7) is 5.66. The Morgan fingerprint density at radius 2 is 0.875 bits per heavy atom. The normalized spacial score (nSPS) is 11.1. The van der Waals surface area contributed by atoms with Crippen LogP contribution < -0.4 is 9.47 Å². The fourth-order valence-electron chi connectivity index (χ4n) is 5.52. The van der Waals surface area contributed by atoms with Crippen LogP contribution in [0.5, 0.6) is 11.5 Å². The first kappa shape index (κ1) is 32.7. The lowest BCUT2D eigenvalue weighted by molar-refractivity contribution is 0.259. The molecule has 0 aliphatic carbocycles. The van der Waals surface area contributed by atoms with Gasteiger partial charge in [-0.1, -0.05) is 76.6 Å². The number of fused-ring (bicyclic) bond motifs is 1. The van der Waals surface area contributed by atoms with Crippen LogP contribution in [0.15, 0.2) is 97.3 Å². The average Bonchev–Trinajstić information content (AvgIpc) is 3.15. The highest BCUT2D eigenvalue weighted by atomic mass is 16.5. The van der Waals surface area contributed by atoms with Crippen molar-refractivity contribution in [3.8, 4) is 57.1 Å². The minimum absolute atomic E-state index is 0.619. The SMILES string of the molecule is CCCCCCOc1cc2nc(-c3cccc(-c4ccccn4)n3)c(-c3cccc(-c4ccccn4)n3)nc2cc1OCCCCCC. The summed E-state index contributed by atoms with van der Waals surface area (Å²) < 4.78 is 12.7. The molecule has 0 bridgehead atoms. The number of nitrogens with zero attached hydrogens (tertiary/aromatic N) is 6. The van der Waals surface area contributed by atoms with Gasteiger partial charge < -0.3 is 9.47 Å². The van der Waals surface area contributed by atoms with Crippen molar-refractivity contribution in [2.75, 3.05) is 13.2 Å². The molecule has 0 fully saturated rings. The van der Waals surface area contributed by atoms with Crippen LogP contribution in [-0.2, 0) is 0 Å². The number of unbranched alkanes of at least 4 members (excludes halogenated alkanes) is 6. The number of pyridine rings is 4. The van der Waals surface area contributed by atoms with Gasteiger partial charge in [-0.15, -0.1) is 0 Å².